The number of aromatic amines is 1. The molecule has 5 nitrogen and oxygen atoms in total. The molecule has 0 aromatic carbocycles. The third kappa shape index (κ3) is 3.93. The average molecular weight is 278 g/mol. The first kappa shape index (κ1) is 14.4. The second-order valence-corrected chi connectivity index (χ2v) is 7.47. The SMILES string of the molecule is Cc1[nH]c(=O)sc1S(=O)(=O)NC(C)CC(C)C. The van der Waals surface area contributed by atoms with Crippen LogP contribution in [0.3, 0.4) is 0 Å². The van der Waals surface area contributed by atoms with Crippen LogP contribution < -0.4 is 9.60 Å². The molecule has 98 valence electrons. The molecule has 1 unspecified atom stereocenters. The molecule has 0 amide bonds. The first-order chi connectivity index (χ1) is 7.72. The summed E-state index contributed by atoms with van der Waals surface area (Å²) < 4.78 is 26.7. The van der Waals surface area contributed by atoms with Gasteiger partial charge in [-0.15, -0.1) is 0 Å². The monoisotopic (exact) mass is 278 g/mol. The van der Waals surface area contributed by atoms with Gasteiger partial charge in [-0.3, -0.25) is 4.79 Å². The molecule has 0 saturated carbocycles. The summed E-state index contributed by atoms with van der Waals surface area (Å²) in [5, 5.41) is 0. The van der Waals surface area contributed by atoms with Crippen LogP contribution >= 0.6 is 11.3 Å². The van der Waals surface area contributed by atoms with E-state index in [0.717, 1.165) is 17.8 Å². The first-order valence-corrected chi connectivity index (χ1v) is 7.74. The molecule has 1 aromatic rings. The van der Waals surface area contributed by atoms with Crippen LogP contribution in [-0.4, -0.2) is 19.4 Å². The van der Waals surface area contributed by atoms with Gasteiger partial charge in [0.1, 0.15) is 0 Å². The predicted molar refractivity (Wildman–Crippen MR) is 68.9 cm³/mol. The van der Waals surface area contributed by atoms with E-state index in [4.69, 9.17) is 0 Å². The largest absolute Gasteiger partial charge is 0.315 e. The van der Waals surface area contributed by atoms with Crippen molar-refractivity contribution in [2.75, 3.05) is 0 Å². The van der Waals surface area contributed by atoms with Crippen LogP contribution in [0.2, 0.25) is 0 Å². The van der Waals surface area contributed by atoms with Crippen molar-refractivity contribution >= 4 is 21.4 Å². The molecule has 1 atom stereocenters. The molecular formula is C10H18N2O3S2. The zero-order valence-corrected chi connectivity index (χ0v) is 12.0. The summed E-state index contributed by atoms with van der Waals surface area (Å²) >= 11 is 0.721. The molecule has 1 aromatic heterocycles. The summed E-state index contributed by atoms with van der Waals surface area (Å²) in [4.78, 5) is 13.2. The molecule has 0 fully saturated rings. The quantitative estimate of drug-likeness (QED) is 0.855. The second kappa shape index (κ2) is 5.32. The number of nitrogens with one attached hydrogen (secondary N) is 2. The van der Waals surface area contributed by atoms with Crippen LogP contribution in [0.15, 0.2) is 9.00 Å². The Morgan fingerprint density at radius 2 is 1.94 bits per heavy atom. The van der Waals surface area contributed by atoms with E-state index in [2.05, 4.69) is 9.71 Å². The summed E-state index contributed by atoms with van der Waals surface area (Å²) in [5.41, 5.74) is 0.393. The van der Waals surface area contributed by atoms with Crippen LogP contribution in [0.5, 0.6) is 0 Å². The summed E-state index contributed by atoms with van der Waals surface area (Å²) in [6.07, 6.45) is 0.762. The highest BCUT2D eigenvalue weighted by Crippen LogP contribution is 2.17. The van der Waals surface area contributed by atoms with Gasteiger partial charge in [-0.1, -0.05) is 25.2 Å². The van der Waals surface area contributed by atoms with Crippen molar-refractivity contribution in [1.82, 2.24) is 9.71 Å². The number of aryl methyl sites for hydroxylation is 1. The smallest absolute Gasteiger partial charge is 0.305 e. The van der Waals surface area contributed by atoms with Crippen molar-refractivity contribution < 1.29 is 8.42 Å². The first-order valence-electron chi connectivity index (χ1n) is 5.44. The molecule has 1 rings (SSSR count). The zero-order valence-electron chi connectivity index (χ0n) is 10.4. The number of rotatable bonds is 5. The Morgan fingerprint density at radius 1 is 1.35 bits per heavy atom. The molecular weight excluding hydrogens is 260 g/mol. The number of H-pyrrole nitrogens is 1. The van der Waals surface area contributed by atoms with Gasteiger partial charge >= 0.3 is 4.87 Å². The van der Waals surface area contributed by atoms with Crippen molar-refractivity contribution in [2.45, 2.75) is 44.4 Å². The lowest BCUT2D eigenvalue weighted by Gasteiger charge is -2.15. The van der Waals surface area contributed by atoms with Gasteiger partial charge in [-0.05, 0) is 26.2 Å². The Labute approximate surface area is 105 Å². The van der Waals surface area contributed by atoms with Crippen molar-refractivity contribution in [3.05, 3.63) is 15.4 Å². The minimum Gasteiger partial charge on any atom is -0.315 e. The molecule has 0 spiro atoms. The number of thiazole rings is 1. The van der Waals surface area contributed by atoms with E-state index in [1.807, 2.05) is 20.8 Å². The lowest BCUT2D eigenvalue weighted by molar-refractivity contribution is 0.483. The second-order valence-electron chi connectivity index (χ2n) is 4.58. The Morgan fingerprint density at radius 3 is 2.35 bits per heavy atom. The summed E-state index contributed by atoms with van der Waals surface area (Å²) in [6.45, 7) is 7.47. The highest BCUT2D eigenvalue weighted by molar-refractivity contribution is 7.91. The van der Waals surface area contributed by atoms with Crippen LogP contribution in [0, 0.1) is 12.8 Å². The minimum atomic E-state index is -3.58. The van der Waals surface area contributed by atoms with Crippen LogP contribution in [0.1, 0.15) is 32.9 Å². The molecule has 0 aliphatic heterocycles. The van der Waals surface area contributed by atoms with Gasteiger partial charge in [0.2, 0.25) is 0 Å². The number of aromatic nitrogens is 1. The van der Waals surface area contributed by atoms with Crippen molar-refractivity contribution in [3.63, 3.8) is 0 Å². The van der Waals surface area contributed by atoms with Gasteiger partial charge < -0.3 is 4.98 Å². The maximum Gasteiger partial charge on any atom is 0.305 e. The van der Waals surface area contributed by atoms with Gasteiger partial charge in [-0.2, -0.15) is 0 Å². The lowest BCUT2D eigenvalue weighted by Crippen LogP contribution is -2.33. The fraction of sp³-hybridized carbons (Fsp3) is 0.700. The van der Waals surface area contributed by atoms with Crippen LogP contribution in [-0.2, 0) is 10.0 Å². The van der Waals surface area contributed by atoms with Gasteiger partial charge in [0.25, 0.3) is 10.0 Å². The predicted octanol–water partition coefficient (Wildman–Crippen LogP) is 1.46. The lowest BCUT2D eigenvalue weighted by atomic mass is 10.1. The molecule has 1 heterocycles. The van der Waals surface area contributed by atoms with Crippen LogP contribution in [0.4, 0.5) is 0 Å². The molecule has 0 saturated heterocycles. The van der Waals surface area contributed by atoms with Gasteiger partial charge in [0.05, 0.1) is 0 Å². The maximum atomic E-state index is 12.0. The molecule has 0 aliphatic rings. The Balaban J connectivity index is 2.90. The number of hydrogen-bond donors (Lipinski definition) is 2. The van der Waals surface area contributed by atoms with E-state index in [1.165, 1.54) is 0 Å². The highest BCUT2D eigenvalue weighted by atomic mass is 32.2. The van der Waals surface area contributed by atoms with E-state index in [9.17, 15) is 13.2 Å². The fourth-order valence-electron chi connectivity index (χ4n) is 1.72. The average Bonchev–Trinajstić information content (AvgIpc) is 2.42. The van der Waals surface area contributed by atoms with E-state index in [0.29, 0.717) is 11.6 Å². The van der Waals surface area contributed by atoms with Gasteiger partial charge in [0.15, 0.2) is 4.21 Å². The van der Waals surface area contributed by atoms with E-state index >= 15 is 0 Å². The van der Waals surface area contributed by atoms with Gasteiger partial charge in [-0.25, -0.2) is 13.1 Å². The Kier molecular flexibility index (Phi) is 4.51. The Hall–Kier alpha value is -0.660. The summed E-state index contributed by atoms with van der Waals surface area (Å²) in [6, 6.07) is -0.142. The number of hydrogen-bond acceptors (Lipinski definition) is 4. The molecule has 2 N–H and O–H groups in total. The molecule has 0 radical (unpaired) electrons. The zero-order chi connectivity index (χ0) is 13.2. The minimum absolute atomic E-state index is 0.0816. The Bertz CT molecular complexity index is 528. The number of sulfonamides is 1. The highest BCUT2D eigenvalue weighted by Gasteiger charge is 2.22. The van der Waals surface area contributed by atoms with Crippen molar-refractivity contribution in [2.24, 2.45) is 5.92 Å². The topological polar surface area (TPSA) is 79.0 Å². The maximum absolute atomic E-state index is 12.0. The van der Waals surface area contributed by atoms with E-state index in [1.54, 1.807) is 6.92 Å². The van der Waals surface area contributed by atoms with Crippen molar-refractivity contribution in [1.29, 1.82) is 0 Å². The molecule has 0 aliphatic carbocycles. The molecule has 7 heteroatoms. The normalized spacial score (nSPS) is 14.2. The fourth-order valence-corrected chi connectivity index (χ4v) is 4.29. The standard InChI is InChI=1S/C10H18N2O3S2/c1-6(2)5-7(3)12-17(14,15)9-8(4)11-10(13)16-9/h6-7,12H,5H2,1-4H3,(H,11,13). The third-order valence-electron chi connectivity index (χ3n) is 2.21. The van der Waals surface area contributed by atoms with E-state index in [-0.39, 0.29) is 15.1 Å². The molecule has 0 bridgehead atoms. The summed E-state index contributed by atoms with van der Waals surface area (Å²) in [5.74, 6) is 0.416. The van der Waals surface area contributed by atoms with Crippen molar-refractivity contribution in [3.8, 4) is 0 Å². The van der Waals surface area contributed by atoms with E-state index < -0.39 is 10.0 Å². The summed E-state index contributed by atoms with van der Waals surface area (Å²) in [7, 11) is -3.58. The third-order valence-corrected chi connectivity index (χ3v) is 5.40. The molecule has 17 heavy (non-hydrogen) atoms. The van der Waals surface area contributed by atoms with Gasteiger partial charge in [0, 0.05) is 11.7 Å². The van der Waals surface area contributed by atoms with Crippen LogP contribution in [0.25, 0.3) is 0 Å².